The van der Waals surface area contributed by atoms with Crippen LogP contribution in [0.25, 0.3) is 0 Å². The Morgan fingerprint density at radius 3 is 2.89 bits per heavy atom. The van der Waals surface area contributed by atoms with E-state index in [9.17, 15) is 0 Å². The largest absolute Gasteiger partial charge is 0.352 e. The molecule has 0 bridgehead atoms. The molecule has 2 nitrogen and oxygen atoms in total. The maximum atomic E-state index is 5.35. The van der Waals surface area contributed by atoms with Gasteiger partial charge in [0.15, 0.2) is 6.29 Å². The van der Waals surface area contributed by atoms with Crippen molar-refractivity contribution in [1.82, 2.24) is 0 Å². The SMILES string of the molecule is [CH2]CC(C)OC1CCO1. The van der Waals surface area contributed by atoms with Gasteiger partial charge in [-0.25, -0.2) is 0 Å². The molecule has 1 saturated heterocycles. The van der Waals surface area contributed by atoms with Gasteiger partial charge in [0.25, 0.3) is 0 Å². The van der Waals surface area contributed by atoms with Gasteiger partial charge in [-0.05, 0) is 13.3 Å². The van der Waals surface area contributed by atoms with E-state index in [2.05, 4.69) is 6.92 Å². The van der Waals surface area contributed by atoms with E-state index in [1.807, 2.05) is 6.92 Å². The Balaban J connectivity index is 2.01. The fourth-order valence-corrected chi connectivity index (χ4v) is 0.649. The van der Waals surface area contributed by atoms with Gasteiger partial charge < -0.3 is 9.47 Å². The molecular formula is C7H13O2. The van der Waals surface area contributed by atoms with Gasteiger partial charge in [0.2, 0.25) is 0 Å². The fraction of sp³-hybridized carbons (Fsp3) is 0.857. The van der Waals surface area contributed by atoms with Crippen LogP contribution in [0.4, 0.5) is 0 Å². The number of hydrogen-bond acceptors (Lipinski definition) is 2. The van der Waals surface area contributed by atoms with Crippen molar-refractivity contribution in [1.29, 1.82) is 0 Å². The summed E-state index contributed by atoms with van der Waals surface area (Å²) in [4.78, 5) is 0. The lowest BCUT2D eigenvalue weighted by Gasteiger charge is -2.28. The highest BCUT2D eigenvalue weighted by Gasteiger charge is 2.19. The highest BCUT2D eigenvalue weighted by atomic mass is 16.7. The first-order chi connectivity index (χ1) is 4.33. The summed E-state index contributed by atoms with van der Waals surface area (Å²) in [7, 11) is 0. The van der Waals surface area contributed by atoms with Crippen molar-refractivity contribution in [2.75, 3.05) is 6.61 Å². The quantitative estimate of drug-likeness (QED) is 0.573. The van der Waals surface area contributed by atoms with Crippen molar-refractivity contribution < 1.29 is 9.47 Å². The van der Waals surface area contributed by atoms with E-state index >= 15 is 0 Å². The third-order valence-corrected chi connectivity index (χ3v) is 1.45. The average Bonchev–Trinajstić information content (AvgIpc) is 1.78. The molecule has 1 radical (unpaired) electrons. The minimum absolute atomic E-state index is 0.0711. The maximum Gasteiger partial charge on any atom is 0.160 e. The van der Waals surface area contributed by atoms with Crippen LogP contribution in [0.5, 0.6) is 0 Å². The summed E-state index contributed by atoms with van der Waals surface area (Å²) in [6.07, 6.45) is 2.18. The van der Waals surface area contributed by atoms with Crippen LogP contribution >= 0.6 is 0 Å². The highest BCUT2D eigenvalue weighted by Crippen LogP contribution is 2.14. The van der Waals surface area contributed by atoms with Crippen LogP contribution < -0.4 is 0 Å². The number of ether oxygens (including phenoxy) is 2. The molecule has 0 aliphatic carbocycles. The Hall–Kier alpha value is -0.0800. The first-order valence-electron chi connectivity index (χ1n) is 3.39. The summed E-state index contributed by atoms with van der Waals surface area (Å²) in [5, 5.41) is 0. The summed E-state index contributed by atoms with van der Waals surface area (Å²) in [5.41, 5.74) is 0. The molecule has 0 aromatic rings. The van der Waals surface area contributed by atoms with Crippen molar-refractivity contribution in [2.24, 2.45) is 0 Å². The molecule has 2 atom stereocenters. The van der Waals surface area contributed by atoms with Gasteiger partial charge in [-0.15, -0.1) is 0 Å². The Morgan fingerprint density at radius 2 is 2.56 bits per heavy atom. The summed E-state index contributed by atoms with van der Waals surface area (Å²) in [5.74, 6) is 0. The molecule has 2 unspecified atom stereocenters. The predicted molar refractivity (Wildman–Crippen MR) is 34.9 cm³/mol. The van der Waals surface area contributed by atoms with Crippen LogP contribution in [0.3, 0.4) is 0 Å². The molecule has 0 amide bonds. The molecule has 53 valence electrons. The molecule has 1 fully saturated rings. The van der Waals surface area contributed by atoms with Gasteiger partial charge in [-0.1, -0.05) is 6.92 Å². The zero-order valence-corrected chi connectivity index (χ0v) is 5.80. The molecule has 1 aliphatic rings. The minimum Gasteiger partial charge on any atom is -0.352 e. The van der Waals surface area contributed by atoms with E-state index in [1.54, 1.807) is 0 Å². The third-order valence-electron chi connectivity index (χ3n) is 1.45. The first-order valence-corrected chi connectivity index (χ1v) is 3.39. The lowest BCUT2D eigenvalue weighted by Crippen LogP contribution is -2.32. The van der Waals surface area contributed by atoms with E-state index in [1.165, 1.54) is 0 Å². The lowest BCUT2D eigenvalue weighted by atomic mass is 10.3. The summed E-state index contributed by atoms with van der Waals surface area (Å²) in [6, 6.07) is 0. The average molecular weight is 129 g/mol. The molecule has 0 N–H and O–H groups in total. The molecular weight excluding hydrogens is 116 g/mol. The molecule has 1 rings (SSSR count). The summed E-state index contributed by atoms with van der Waals surface area (Å²) in [6.45, 7) is 6.58. The highest BCUT2D eigenvalue weighted by molar-refractivity contribution is 4.59. The first kappa shape index (κ1) is 7.03. The zero-order valence-electron chi connectivity index (χ0n) is 5.80. The van der Waals surface area contributed by atoms with Gasteiger partial charge in [0, 0.05) is 6.42 Å². The van der Waals surface area contributed by atoms with E-state index < -0.39 is 0 Å². The summed E-state index contributed by atoms with van der Waals surface area (Å²) >= 11 is 0. The van der Waals surface area contributed by atoms with Crippen molar-refractivity contribution in [3.05, 3.63) is 6.92 Å². The van der Waals surface area contributed by atoms with Gasteiger partial charge in [-0.3, -0.25) is 0 Å². The monoisotopic (exact) mass is 129 g/mol. The van der Waals surface area contributed by atoms with Crippen molar-refractivity contribution >= 4 is 0 Å². The van der Waals surface area contributed by atoms with Crippen molar-refractivity contribution in [3.63, 3.8) is 0 Å². The van der Waals surface area contributed by atoms with E-state index in [4.69, 9.17) is 9.47 Å². The van der Waals surface area contributed by atoms with Crippen LogP contribution in [0, 0.1) is 6.92 Å². The van der Waals surface area contributed by atoms with E-state index in [0.717, 1.165) is 19.4 Å². The van der Waals surface area contributed by atoms with E-state index in [-0.39, 0.29) is 12.4 Å². The fourth-order valence-electron chi connectivity index (χ4n) is 0.649. The van der Waals surface area contributed by atoms with Crippen molar-refractivity contribution in [2.45, 2.75) is 32.2 Å². The number of hydrogen-bond donors (Lipinski definition) is 0. The van der Waals surface area contributed by atoms with Gasteiger partial charge in [0.1, 0.15) is 0 Å². The lowest BCUT2D eigenvalue weighted by molar-refractivity contribution is -0.232. The van der Waals surface area contributed by atoms with Crippen LogP contribution in [-0.4, -0.2) is 19.0 Å². The second-order valence-electron chi connectivity index (χ2n) is 2.32. The Bertz CT molecular complexity index is 76.2. The van der Waals surface area contributed by atoms with Gasteiger partial charge in [-0.2, -0.15) is 0 Å². The van der Waals surface area contributed by atoms with E-state index in [0.29, 0.717) is 0 Å². The molecule has 2 heteroatoms. The third kappa shape index (κ3) is 1.95. The Kier molecular flexibility index (Phi) is 2.49. The van der Waals surface area contributed by atoms with Crippen LogP contribution in [-0.2, 0) is 9.47 Å². The molecule has 9 heavy (non-hydrogen) atoms. The van der Waals surface area contributed by atoms with Crippen LogP contribution in [0.1, 0.15) is 19.8 Å². The van der Waals surface area contributed by atoms with Gasteiger partial charge in [0.05, 0.1) is 12.7 Å². The molecule has 1 heterocycles. The second kappa shape index (κ2) is 3.18. The molecule has 0 spiro atoms. The normalized spacial score (nSPS) is 29.3. The molecule has 0 aromatic carbocycles. The van der Waals surface area contributed by atoms with Gasteiger partial charge >= 0.3 is 0 Å². The Labute approximate surface area is 56.2 Å². The molecule has 0 saturated carbocycles. The Morgan fingerprint density at radius 1 is 1.89 bits per heavy atom. The molecule has 1 aliphatic heterocycles. The number of rotatable bonds is 3. The van der Waals surface area contributed by atoms with Crippen LogP contribution in [0.2, 0.25) is 0 Å². The molecule has 0 aromatic heterocycles. The maximum absolute atomic E-state index is 5.35. The van der Waals surface area contributed by atoms with Crippen LogP contribution in [0.15, 0.2) is 0 Å². The topological polar surface area (TPSA) is 18.5 Å². The predicted octanol–water partition coefficient (Wildman–Crippen LogP) is 1.36. The smallest absolute Gasteiger partial charge is 0.160 e. The second-order valence-corrected chi connectivity index (χ2v) is 2.32. The zero-order chi connectivity index (χ0) is 6.69. The summed E-state index contributed by atoms with van der Waals surface area (Å²) < 4.78 is 10.4. The standard InChI is InChI=1S/C7H13O2/c1-3-6(2)9-7-4-5-8-7/h6-7H,1,3-5H2,2H3. The minimum atomic E-state index is 0.0711. The van der Waals surface area contributed by atoms with Crippen molar-refractivity contribution in [3.8, 4) is 0 Å².